The first kappa shape index (κ1) is 23.5. The number of ether oxygens (including phenoxy) is 1. The van der Waals surface area contributed by atoms with E-state index in [9.17, 15) is 13.2 Å². The van der Waals surface area contributed by atoms with Gasteiger partial charge in [0.2, 0.25) is 9.84 Å². The van der Waals surface area contributed by atoms with E-state index in [1.807, 2.05) is 32.9 Å². The van der Waals surface area contributed by atoms with Gasteiger partial charge < -0.3 is 15.0 Å². The SMILES string of the molecule is C=CC(c1ncc[nH]1)S(=O)(=O)c1cnc(NC(=O)Nc2ccc(C)cc2OCC(C)C)s1. The van der Waals surface area contributed by atoms with Crippen molar-refractivity contribution in [3.8, 4) is 5.75 Å². The van der Waals surface area contributed by atoms with E-state index in [4.69, 9.17) is 4.74 Å². The van der Waals surface area contributed by atoms with Crippen molar-refractivity contribution in [1.29, 1.82) is 0 Å². The van der Waals surface area contributed by atoms with Gasteiger partial charge >= 0.3 is 6.03 Å². The molecule has 32 heavy (non-hydrogen) atoms. The second-order valence-corrected chi connectivity index (χ2v) is 10.8. The fourth-order valence-electron chi connectivity index (χ4n) is 2.75. The van der Waals surface area contributed by atoms with Gasteiger partial charge in [0, 0.05) is 12.4 Å². The van der Waals surface area contributed by atoms with Crippen LogP contribution in [0.4, 0.5) is 15.6 Å². The van der Waals surface area contributed by atoms with Gasteiger partial charge in [-0.15, -0.1) is 6.58 Å². The Morgan fingerprint density at radius 3 is 2.75 bits per heavy atom. The molecule has 2 aromatic heterocycles. The Morgan fingerprint density at radius 2 is 2.09 bits per heavy atom. The summed E-state index contributed by atoms with van der Waals surface area (Å²) in [6, 6.07) is 4.89. The highest BCUT2D eigenvalue weighted by Gasteiger charge is 2.30. The second kappa shape index (κ2) is 9.96. The predicted molar refractivity (Wildman–Crippen MR) is 125 cm³/mol. The number of hydrogen-bond acceptors (Lipinski definition) is 7. The molecule has 0 aliphatic carbocycles. The van der Waals surface area contributed by atoms with Crippen molar-refractivity contribution < 1.29 is 17.9 Å². The molecule has 1 atom stereocenters. The Hall–Kier alpha value is -3.18. The van der Waals surface area contributed by atoms with Gasteiger partial charge in [-0.1, -0.05) is 37.3 Å². The maximum absolute atomic E-state index is 12.9. The molecule has 3 aromatic rings. The number of urea groups is 1. The van der Waals surface area contributed by atoms with Crippen LogP contribution in [0.5, 0.6) is 5.75 Å². The summed E-state index contributed by atoms with van der Waals surface area (Å²) < 4.78 is 31.7. The molecule has 0 aliphatic rings. The molecule has 0 saturated heterocycles. The first-order valence-electron chi connectivity index (χ1n) is 9.83. The van der Waals surface area contributed by atoms with Gasteiger partial charge in [-0.3, -0.25) is 5.32 Å². The number of carbonyl (C=O) groups is 1. The largest absolute Gasteiger partial charge is 0.491 e. The van der Waals surface area contributed by atoms with Gasteiger partial charge in [-0.2, -0.15) is 0 Å². The molecule has 0 spiro atoms. The monoisotopic (exact) mass is 475 g/mol. The molecule has 2 heterocycles. The Bertz CT molecular complexity index is 1190. The standard InChI is InChI=1S/C21H25N5O4S2/c1-5-17(19-22-8-9-23-19)32(28,29)18-11-24-21(31-18)26-20(27)25-15-7-6-14(4)10-16(15)30-12-13(2)3/h5-11,13,17H,1,12H2,2-4H3,(H,22,23)(H2,24,25,26,27). The number of aromatic nitrogens is 3. The number of anilines is 2. The number of aryl methyl sites for hydroxylation is 1. The van der Waals surface area contributed by atoms with Gasteiger partial charge in [0.25, 0.3) is 0 Å². The number of amides is 2. The Kier molecular flexibility index (Phi) is 7.31. The van der Waals surface area contributed by atoms with Crippen LogP contribution in [0.15, 0.2) is 53.7 Å². The summed E-state index contributed by atoms with van der Waals surface area (Å²) in [7, 11) is -3.82. The number of thiazole rings is 1. The topological polar surface area (TPSA) is 126 Å². The number of carbonyl (C=O) groups excluding carboxylic acids is 1. The van der Waals surface area contributed by atoms with E-state index in [2.05, 4.69) is 32.2 Å². The predicted octanol–water partition coefficient (Wildman–Crippen LogP) is 4.55. The maximum atomic E-state index is 12.9. The Balaban J connectivity index is 1.72. The number of sulfone groups is 1. The van der Waals surface area contributed by atoms with E-state index in [-0.39, 0.29) is 15.2 Å². The minimum Gasteiger partial charge on any atom is -0.491 e. The number of H-pyrrole nitrogens is 1. The van der Waals surface area contributed by atoms with Crippen molar-refractivity contribution in [2.45, 2.75) is 30.2 Å². The molecule has 170 valence electrons. The zero-order valence-electron chi connectivity index (χ0n) is 18.0. The summed E-state index contributed by atoms with van der Waals surface area (Å²) >= 11 is 0.849. The van der Waals surface area contributed by atoms with Crippen molar-refractivity contribution in [2.24, 2.45) is 5.92 Å². The smallest absolute Gasteiger partial charge is 0.325 e. The molecule has 0 radical (unpaired) electrons. The quantitative estimate of drug-likeness (QED) is 0.390. The lowest BCUT2D eigenvalue weighted by atomic mass is 10.2. The van der Waals surface area contributed by atoms with Crippen LogP contribution >= 0.6 is 11.3 Å². The van der Waals surface area contributed by atoms with Gasteiger partial charge in [0.15, 0.2) is 5.13 Å². The molecule has 9 nitrogen and oxygen atoms in total. The second-order valence-electron chi connectivity index (χ2n) is 7.44. The molecule has 0 bridgehead atoms. The van der Waals surface area contributed by atoms with Crippen LogP contribution in [-0.4, -0.2) is 36.0 Å². The van der Waals surface area contributed by atoms with Crippen molar-refractivity contribution in [3.05, 3.63) is 60.8 Å². The van der Waals surface area contributed by atoms with Crippen LogP contribution in [0.25, 0.3) is 0 Å². The molecule has 3 rings (SSSR count). The fourth-order valence-corrected chi connectivity index (χ4v) is 5.44. The van der Waals surface area contributed by atoms with Crippen molar-refractivity contribution in [2.75, 3.05) is 17.2 Å². The molecule has 0 aliphatic heterocycles. The van der Waals surface area contributed by atoms with Crippen LogP contribution in [0.2, 0.25) is 0 Å². The van der Waals surface area contributed by atoms with E-state index in [1.54, 1.807) is 6.07 Å². The lowest BCUT2D eigenvalue weighted by Crippen LogP contribution is -2.20. The lowest BCUT2D eigenvalue weighted by Gasteiger charge is -2.14. The fraction of sp³-hybridized carbons (Fsp3) is 0.286. The van der Waals surface area contributed by atoms with Crippen LogP contribution in [0, 0.1) is 12.8 Å². The number of imidazole rings is 1. The van der Waals surface area contributed by atoms with E-state index in [1.165, 1.54) is 24.7 Å². The molecule has 11 heteroatoms. The molecule has 1 unspecified atom stereocenters. The highest BCUT2D eigenvalue weighted by atomic mass is 32.2. The molecule has 1 aromatic carbocycles. The van der Waals surface area contributed by atoms with Crippen molar-refractivity contribution in [1.82, 2.24) is 15.0 Å². The Labute approximate surface area is 190 Å². The van der Waals surface area contributed by atoms with Gasteiger partial charge in [0.05, 0.1) is 18.5 Å². The minimum atomic E-state index is -3.82. The number of nitrogens with zero attached hydrogens (tertiary/aromatic N) is 2. The summed E-state index contributed by atoms with van der Waals surface area (Å²) in [5.41, 5.74) is 1.50. The van der Waals surface area contributed by atoms with Crippen LogP contribution in [-0.2, 0) is 9.84 Å². The average molecular weight is 476 g/mol. The first-order valence-corrected chi connectivity index (χ1v) is 12.2. The van der Waals surface area contributed by atoms with Crippen LogP contribution < -0.4 is 15.4 Å². The third-order valence-corrected chi connectivity index (χ3v) is 7.69. The molecular weight excluding hydrogens is 450 g/mol. The summed E-state index contributed by atoms with van der Waals surface area (Å²) in [5, 5.41) is 4.39. The molecule has 2 amide bonds. The van der Waals surface area contributed by atoms with Gasteiger partial charge in [-0.05, 0) is 30.5 Å². The summed E-state index contributed by atoms with van der Waals surface area (Å²) in [4.78, 5) is 23.3. The van der Waals surface area contributed by atoms with E-state index in [0.717, 1.165) is 16.9 Å². The zero-order chi connectivity index (χ0) is 23.3. The van der Waals surface area contributed by atoms with Gasteiger partial charge in [0.1, 0.15) is 21.0 Å². The number of rotatable bonds is 9. The summed E-state index contributed by atoms with van der Waals surface area (Å²) in [6.45, 7) is 10.1. The molecular formula is C21H25N5O4S2. The van der Waals surface area contributed by atoms with E-state index >= 15 is 0 Å². The highest BCUT2D eigenvalue weighted by Crippen LogP contribution is 2.33. The summed E-state index contributed by atoms with van der Waals surface area (Å²) in [6.07, 6.45) is 5.51. The average Bonchev–Trinajstić information content (AvgIpc) is 3.41. The highest BCUT2D eigenvalue weighted by molar-refractivity contribution is 7.93. The number of benzene rings is 1. The lowest BCUT2D eigenvalue weighted by molar-refractivity contribution is 0.260. The maximum Gasteiger partial charge on any atom is 0.325 e. The number of hydrogen-bond donors (Lipinski definition) is 3. The Morgan fingerprint density at radius 1 is 1.31 bits per heavy atom. The first-order chi connectivity index (χ1) is 15.2. The van der Waals surface area contributed by atoms with Crippen molar-refractivity contribution in [3.63, 3.8) is 0 Å². The van der Waals surface area contributed by atoms with E-state index in [0.29, 0.717) is 24.0 Å². The third kappa shape index (κ3) is 5.54. The van der Waals surface area contributed by atoms with E-state index < -0.39 is 21.1 Å². The van der Waals surface area contributed by atoms with Gasteiger partial charge in [-0.25, -0.2) is 23.2 Å². The van der Waals surface area contributed by atoms with Crippen molar-refractivity contribution >= 4 is 38.0 Å². The number of nitrogens with one attached hydrogen (secondary N) is 3. The molecule has 0 saturated carbocycles. The number of aromatic amines is 1. The molecule has 3 N–H and O–H groups in total. The third-order valence-electron chi connectivity index (χ3n) is 4.28. The van der Waals surface area contributed by atoms with Crippen LogP contribution in [0.1, 0.15) is 30.5 Å². The minimum absolute atomic E-state index is 0.00890. The summed E-state index contributed by atoms with van der Waals surface area (Å²) in [5.74, 6) is 1.14. The normalized spacial score (nSPS) is 12.4. The molecule has 0 fully saturated rings. The zero-order valence-corrected chi connectivity index (χ0v) is 19.6. The van der Waals surface area contributed by atoms with Crippen LogP contribution in [0.3, 0.4) is 0 Å².